The largest absolute Gasteiger partial charge is 0.369 e. The Hall–Kier alpha value is -2.23. The van der Waals surface area contributed by atoms with Gasteiger partial charge in [0.1, 0.15) is 0 Å². The molecule has 92 valence electrons. The fourth-order valence-corrected chi connectivity index (χ4v) is 1.69. The van der Waals surface area contributed by atoms with Crippen molar-refractivity contribution in [1.29, 1.82) is 0 Å². The highest BCUT2D eigenvalue weighted by atomic mass is 19.2. The first kappa shape index (κ1) is 12.2. The summed E-state index contributed by atoms with van der Waals surface area (Å²) in [5.74, 6) is -2.16. The molecule has 0 saturated heterocycles. The monoisotopic (exact) mass is 247 g/mol. The lowest BCUT2D eigenvalue weighted by Crippen LogP contribution is -2.13. The molecule has 0 fully saturated rings. The molecule has 0 heterocycles. The molecular weight excluding hydrogens is 236 g/mol. The lowest BCUT2D eigenvalue weighted by molar-refractivity contribution is -0.117. The average Bonchev–Trinajstić information content (AvgIpc) is 2.33. The molecule has 0 radical (unpaired) electrons. The van der Waals surface area contributed by atoms with Gasteiger partial charge in [0.2, 0.25) is 5.91 Å². The Morgan fingerprint density at radius 1 is 0.944 bits per heavy atom. The third kappa shape index (κ3) is 2.71. The van der Waals surface area contributed by atoms with E-state index in [4.69, 9.17) is 5.73 Å². The van der Waals surface area contributed by atoms with Gasteiger partial charge in [-0.1, -0.05) is 30.3 Å². The Morgan fingerprint density at radius 3 is 2.11 bits per heavy atom. The van der Waals surface area contributed by atoms with E-state index in [1.807, 2.05) is 0 Å². The van der Waals surface area contributed by atoms with Crippen LogP contribution in [-0.4, -0.2) is 5.91 Å². The maximum absolute atomic E-state index is 13.1. The Bertz CT molecular complexity index is 579. The normalized spacial score (nSPS) is 10.3. The van der Waals surface area contributed by atoms with Crippen LogP contribution in [0.1, 0.15) is 5.56 Å². The minimum atomic E-state index is -0.881. The molecule has 4 heteroatoms. The molecule has 18 heavy (non-hydrogen) atoms. The third-order valence-corrected chi connectivity index (χ3v) is 2.59. The number of carbonyl (C=O) groups is 1. The predicted octanol–water partition coefficient (Wildman–Crippen LogP) is 2.66. The van der Waals surface area contributed by atoms with Crippen LogP contribution >= 0.6 is 0 Å². The lowest BCUT2D eigenvalue weighted by atomic mass is 10.0. The smallest absolute Gasteiger partial charge is 0.221 e. The summed E-state index contributed by atoms with van der Waals surface area (Å²) in [6.07, 6.45) is 0.165. The first-order valence-corrected chi connectivity index (χ1v) is 5.39. The molecule has 0 aliphatic heterocycles. The summed E-state index contributed by atoms with van der Waals surface area (Å²) >= 11 is 0. The highest BCUT2D eigenvalue weighted by Gasteiger charge is 2.05. The SMILES string of the molecule is NC(=O)Cc1ccc(-c2ccc(F)c(F)c2)cc1. The Labute approximate surface area is 103 Å². The molecule has 0 aliphatic rings. The second-order valence-corrected chi connectivity index (χ2v) is 3.97. The highest BCUT2D eigenvalue weighted by Crippen LogP contribution is 2.22. The van der Waals surface area contributed by atoms with E-state index in [2.05, 4.69) is 0 Å². The van der Waals surface area contributed by atoms with Crippen LogP contribution in [0.4, 0.5) is 8.78 Å². The molecule has 2 N–H and O–H groups in total. The van der Waals surface area contributed by atoms with Crippen LogP contribution < -0.4 is 5.73 Å². The Morgan fingerprint density at radius 2 is 1.56 bits per heavy atom. The minimum Gasteiger partial charge on any atom is -0.369 e. The zero-order valence-corrected chi connectivity index (χ0v) is 9.49. The van der Waals surface area contributed by atoms with Gasteiger partial charge in [-0.05, 0) is 28.8 Å². The van der Waals surface area contributed by atoms with Gasteiger partial charge in [-0.25, -0.2) is 8.78 Å². The van der Waals surface area contributed by atoms with Crippen molar-refractivity contribution in [2.45, 2.75) is 6.42 Å². The molecule has 2 rings (SSSR count). The van der Waals surface area contributed by atoms with Crippen LogP contribution in [0.5, 0.6) is 0 Å². The van der Waals surface area contributed by atoms with E-state index in [0.717, 1.165) is 23.3 Å². The van der Waals surface area contributed by atoms with E-state index in [0.29, 0.717) is 5.56 Å². The number of rotatable bonds is 3. The zero-order valence-electron chi connectivity index (χ0n) is 9.49. The summed E-state index contributed by atoms with van der Waals surface area (Å²) < 4.78 is 25.9. The van der Waals surface area contributed by atoms with Gasteiger partial charge >= 0.3 is 0 Å². The van der Waals surface area contributed by atoms with Crippen LogP contribution in [0, 0.1) is 11.6 Å². The molecule has 0 atom stereocenters. The number of nitrogens with two attached hydrogens (primary N) is 1. The molecule has 2 nitrogen and oxygen atoms in total. The number of primary amides is 1. The lowest BCUT2D eigenvalue weighted by Gasteiger charge is -2.04. The predicted molar refractivity (Wildman–Crippen MR) is 64.7 cm³/mol. The first-order valence-electron chi connectivity index (χ1n) is 5.39. The molecule has 0 bridgehead atoms. The van der Waals surface area contributed by atoms with Crippen LogP contribution in [0.3, 0.4) is 0 Å². The van der Waals surface area contributed by atoms with E-state index in [-0.39, 0.29) is 6.42 Å². The molecule has 1 amide bonds. The summed E-state index contributed by atoms with van der Waals surface area (Å²) in [4.78, 5) is 10.7. The number of halogens is 2. The van der Waals surface area contributed by atoms with Gasteiger partial charge in [0.25, 0.3) is 0 Å². The van der Waals surface area contributed by atoms with E-state index in [9.17, 15) is 13.6 Å². The third-order valence-electron chi connectivity index (χ3n) is 2.59. The van der Waals surface area contributed by atoms with Crippen LogP contribution in [0.25, 0.3) is 11.1 Å². The molecule has 2 aromatic rings. The number of hydrogen-bond donors (Lipinski definition) is 1. The van der Waals surface area contributed by atoms with Gasteiger partial charge in [-0.3, -0.25) is 4.79 Å². The number of hydrogen-bond acceptors (Lipinski definition) is 1. The van der Waals surface area contributed by atoms with E-state index < -0.39 is 17.5 Å². The van der Waals surface area contributed by atoms with Crippen molar-refractivity contribution in [3.8, 4) is 11.1 Å². The van der Waals surface area contributed by atoms with Gasteiger partial charge in [-0.2, -0.15) is 0 Å². The number of benzene rings is 2. The Balaban J connectivity index is 2.28. The molecule has 0 unspecified atom stereocenters. The van der Waals surface area contributed by atoms with E-state index in [1.165, 1.54) is 6.07 Å². The van der Waals surface area contributed by atoms with Crippen LogP contribution in [0.15, 0.2) is 42.5 Å². The van der Waals surface area contributed by atoms with Crippen molar-refractivity contribution in [2.24, 2.45) is 5.73 Å². The molecular formula is C14H11F2NO. The molecule has 2 aromatic carbocycles. The van der Waals surface area contributed by atoms with Gasteiger partial charge in [-0.15, -0.1) is 0 Å². The zero-order chi connectivity index (χ0) is 13.1. The average molecular weight is 247 g/mol. The van der Waals surface area contributed by atoms with Crippen LogP contribution in [-0.2, 0) is 11.2 Å². The van der Waals surface area contributed by atoms with Gasteiger partial charge in [0.15, 0.2) is 11.6 Å². The topological polar surface area (TPSA) is 43.1 Å². The fourth-order valence-electron chi connectivity index (χ4n) is 1.69. The van der Waals surface area contributed by atoms with E-state index in [1.54, 1.807) is 24.3 Å². The van der Waals surface area contributed by atoms with Crippen molar-refractivity contribution in [3.63, 3.8) is 0 Å². The van der Waals surface area contributed by atoms with Crippen LogP contribution in [0.2, 0.25) is 0 Å². The Kier molecular flexibility index (Phi) is 3.37. The molecule has 0 aliphatic carbocycles. The summed E-state index contributed by atoms with van der Waals surface area (Å²) in [7, 11) is 0. The highest BCUT2D eigenvalue weighted by molar-refractivity contribution is 5.77. The van der Waals surface area contributed by atoms with Gasteiger partial charge in [0, 0.05) is 0 Å². The van der Waals surface area contributed by atoms with Crippen molar-refractivity contribution in [2.75, 3.05) is 0 Å². The standard InChI is InChI=1S/C14H11F2NO/c15-12-6-5-11(8-13(12)16)10-3-1-9(2-4-10)7-14(17)18/h1-6,8H,7H2,(H2,17,18). The summed E-state index contributed by atoms with van der Waals surface area (Å²) in [5, 5.41) is 0. The minimum absolute atomic E-state index is 0.165. The van der Waals surface area contributed by atoms with Crippen molar-refractivity contribution in [1.82, 2.24) is 0 Å². The molecule has 0 aromatic heterocycles. The van der Waals surface area contributed by atoms with Gasteiger partial charge in [0.05, 0.1) is 6.42 Å². The van der Waals surface area contributed by atoms with E-state index >= 15 is 0 Å². The molecule has 0 spiro atoms. The maximum Gasteiger partial charge on any atom is 0.221 e. The fraction of sp³-hybridized carbons (Fsp3) is 0.0714. The summed E-state index contributed by atoms with van der Waals surface area (Å²) in [5.41, 5.74) is 7.20. The van der Waals surface area contributed by atoms with Crippen molar-refractivity contribution in [3.05, 3.63) is 59.7 Å². The number of amides is 1. The van der Waals surface area contributed by atoms with Crippen molar-refractivity contribution < 1.29 is 13.6 Å². The van der Waals surface area contributed by atoms with Gasteiger partial charge < -0.3 is 5.73 Å². The first-order chi connectivity index (χ1) is 8.56. The quantitative estimate of drug-likeness (QED) is 0.890. The molecule has 0 saturated carbocycles. The number of carbonyl (C=O) groups excluding carboxylic acids is 1. The summed E-state index contributed by atoms with van der Waals surface area (Å²) in [6.45, 7) is 0. The second kappa shape index (κ2) is 4.96. The summed E-state index contributed by atoms with van der Waals surface area (Å²) in [6, 6.07) is 10.7. The second-order valence-electron chi connectivity index (χ2n) is 3.97. The maximum atomic E-state index is 13.1. The van der Waals surface area contributed by atoms with Crippen molar-refractivity contribution >= 4 is 5.91 Å².